The molecule has 102 valence electrons. The molecule has 5 nitrogen and oxygen atoms in total. The zero-order valence-corrected chi connectivity index (χ0v) is 11.2. The molecule has 6 heteroatoms. The maximum Gasteiger partial charge on any atom is 0.335 e. The normalized spacial score (nSPS) is 15.7. The van der Waals surface area contributed by atoms with E-state index in [2.05, 4.69) is 10.6 Å². The lowest BCUT2D eigenvalue weighted by atomic mass is 10.2. The van der Waals surface area contributed by atoms with Gasteiger partial charge in [-0.25, -0.2) is 9.59 Å². The monoisotopic (exact) mass is 282 g/mol. The van der Waals surface area contributed by atoms with Crippen LogP contribution in [0.1, 0.15) is 30.1 Å². The van der Waals surface area contributed by atoms with Gasteiger partial charge in [-0.15, -0.1) is 0 Å². The van der Waals surface area contributed by atoms with Crippen LogP contribution in [-0.4, -0.2) is 23.1 Å². The molecule has 1 unspecified atom stereocenters. The van der Waals surface area contributed by atoms with Crippen LogP contribution in [0, 0.1) is 5.92 Å². The van der Waals surface area contributed by atoms with Gasteiger partial charge in [-0.05, 0) is 43.9 Å². The van der Waals surface area contributed by atoms with Crippen molar-refractivity contribution in [3.63, 3.8) is 0 Å². The van der Waals surface area contributed by atoms with Crippen LogP contribution in [0.15, 0.2) is 18.2 Å². The molecule has 0 heterocycles. The van der Waals surface area contributed by atoms with Gasteiger partial charge in [0.2, 0.25) is 0 Å². The van der Waals surface area contributed by atoms with Crippen LogP contribution in [0.2, 0.25) is 5.02 Å². The molecule has 0 aromatic heterocycles. The van der Waals surface area contributed by atoms with Crippen LogP contribution in [0.3, 0.4) is 0 Å². The molecule has 1 aromatic carbocycles. The van der Waals surface area contributed by atoms with E-state index in [0.29, 0.717) is 11.6 Å². The van der Waals surface area contributed by atoms with E-state index in [9.17, 15) is 9.59 Å². The number of carboxylic acids is 1. The fourth-order valence-electron chi connectivity index (χ4n) is 1.83. The van der Waals surface area contributed by atoms with Gasteiger partial charge < -0.3 is 15.7 Å². The average Bonchev–Trinajstić information content (AvgIpc) is 3.15. The second-order valence-electron chi connectivity index (χ2n) is 4.72. The molecule has 1 saturated carbocycles. The Balaban J connectivity index is 1.98. The highest BCUT2D eigenvalue weighted by Gasteiger charge is 2.28. The Morgan fingerprint density at radius 2 is 2.11 bits per heavy atom. The first-order valence-electron chi connectivity index (χ1n) is 6.07. The quantitative estimate of drug-likeness (QED) is 0.794. The molecular formula is C13H15ClN2O3. The summed E-state index contributed by atoms with van der Waals surface area (Å²) in [6, 6.07) is 3.99. The van der Waals surface area contributed by atoms with Crippen LogP contribution in [-0.2, 0) is 0 Å². The molecular weight excluding hydrogens is 268 g/mol. The molecule has 1 aliphatic carbocycles. The van der Waals surface area contributed by atoms with Crippen LogP contribution < -0.4 is 10.6 Å². The zero-order chi connectivity index (χ0) is 14.0. The molecule has 2 rings (SSSR count). The maximum atomic E-state index is 11.7. The van der Waals surface area contributed by atoms with Crippen molar-refractivity contribution in [2.24, 2.45) is 5.92 Å². The van der Waals surface area contributed by atoms with Crippen molar-refractivity contribution in [2.45, 2.75) is 25.8 Å². The van der Waals surface area contributed by atoms with E-state index in [1.807, 2.05) is 6.92 Å². The Kier molecular flexibility index (Phi) is 3.95. The summed E-state index contributed by atoms with van der Waals surface area (Å²) in [4.78, 5) is 22.5. The first-order chi connectivity index (χ1) is 8.97. The molecule has 0 saturated heterocycles. The van der Waals surface area contributed by atoms with E-state index in [4.69, 9.17) is 16.7 Å². The van der Waals surface area contributed by atoms with E-state index in [0.717, 1.165) is 12.8 Å². The molecule has 0 spiro atoms. The fraction of sp³-hybridized carbons (Fsp3) is 0.385. The minimum atomic E-state index is -1.06. The van der Waals surface area contributed by atoms with Crippen molar-refractivity contribution < 1.29 is 14.7 Å². The maximum absolute atomic E-state index is 11.7. The van der Waals surface area contributed by atoms with E-state index in [1.54, 1.807) is 0 Å². The molecule has 1 aromatic rings. The molecule has 0 bridgehead atoms. The zero-order valence-electron chi connectivity index (χ0n) is 10.4. The van der Waals surface area contributed by atoms with Gasteiger partial charge in [0.1, 0.15) is 0 Å². The number of halogens is 1. The molecule has 0 radical (unpaired) electrons. The van der Waals surface area contributed by atoms with Gasteiger partial charge in [0, 0.05) is 6.04 Å². The fourth-order valence-corrected chi connectivity index (χ4v) is 2.06. The van der Waals surface area contributed by atoms with E-state index < -0.39 is 5.97 Å². The minimum absolute atomic E-state index is 0.0855. The number of rotatable bonds is 4. The van der Waals surface area contributed by atoms with Crippen molar-refractivity contribution in [3.8, 4) is 0 Å². The first kappa shape index (κ1) is 13.7. The summed E-state index contributed by atoms with van der Waals surface area (Å²) in [7, 11) is 0. The number of hydrogen-bond donors (Lipinski definition) is 3. The summed E-state index contributed by atoms with van der Waals surface area (Å²) in [6.45, 7) is 1.96. The molecule has 1 atom stereocenters. The van der Waals surface area contributed by atoms with E-state index in [1.165, 1.54) is 18.2 Å². The van der Waals surface area contributed by atoms with E-state index in [-0.39, 0.29) is 22.7 Å². The lowest BCUT2D eigenvalue weighted by Crippen LogP contribution is -2.37. The Labute approximate surface area is 116 Å². The summed E-state index contributed by atoms with van der Waals surface area (Å²) in [5.74, 6) is -0.490. The number of carboxylic acid groups (broad SMARTS) is 1. The Morgan fingerprint density at radius 3 is 2.63 bits per heavy atom. The Bertz CT molecular complexity index is 515. The standard InChI is InChI=1S/C13H15ClN2O3/c1-7(8-2-3-8)15-13(19)16-11-5-4-9(12(17)18)6-10(11)14/h4-8H,2-3H2,1H3,(H,17,18)(H2,15,16,19). The average molecular weight is 283 g/mol. The van der Waals surface area contributed by atoms with Gasteiger partial charge in [-0.2, -0.15) is 0 Å². The molecule has 2 amide bonds. The first-order valence-corrected chi connectivity index (χ1v) is 6.45. The van der Waals surface area contributed by atoms with Crippen LogP contribution >= 0.6 is 11.6 Å². The van der Waals surface area contributed by atoms with Crippen molar-refractivity contribution in [1.29, 1.82) is 0 Å². The number of carbonyl (C=O) groups is 2. The van der Waals surface area contributed by atoms with E-state index >= 15 is 0 Å². The van der Waals surface area contributed by atoms with Crippen LogP contribution in [0.25, 0.3) is 0 Å². The molecule has 1 aliphatic rings. The highest BCUT2D eigenvalue weighted by molar-refractivity contribution is 6.34. The summed E-state index contributed by atoms with van der Waals surface area (Å²) in [5.41, 5.74) is 0.481. The van der Waals surface area contributed by atoms with Gasteiger partial charge in [-0.3, -0.25) is 0 Å². The molecule has 1 fully saturated rings. The third-order valence-corrected chi connectivity index (χ3v) is 3.46. The number of aromatic carboxylic acids is 1. The highest BCUT2D eigenvalue weighted by Crippen LogP contribution is 2.32. The Hall–Kier alpha value is -1.75. The summed E-state index contributed by atoms with van der Waals surface area (Å²) >= 11 is 5.92. The summed E-state index contributed by atoms with van der Waals surface area (Å²) in [5, 5.41) is 14.5. The second kappa shape index (κ2) is 5.48. The van der Waals surface area contributed by atoms with Crippen molar-refractivity contribution in [3.05, 3.63) is 28.8 Å². The third kappa shape index (κ3) is 3.61. The van der Waals surface area contributed by atoms with Crippen LogP contribution in [0.4, 0.5) is 10.5 Å². The van der Waals surface area contributed by atoms with Gasteiger partial charge in [0.25, 0.3) is 0 Å². The largest absolute Gasteiger partial charge is 0.478 e. The lowest BCUT2D eigenvalue weighted by Gasteiger charge is -2.14. The third-order valence-electron chi connectivity index (χ3n) is 3.15. The van der Waals surface area contributed by atoms with Crippen molar-refractivity contribution in [1.82, 2.24) is 5.32 Å². The van der Waals surface area contributed by atoms with Crippen molar-refractivity contribution in [2.75, 3.05) is 5.32 Å². The summed E-state index contributed by atoms with van der Waals surface area (Å²) in [6.07, 6.45) is 2.30. The van der Waals surface area contributed by atoms with Crippen LogP contribution in [0.5, 0.6) is 0 Å². The topological polar surface area (TPSA) is 78.4 Å². The smallest absolute Gasteiger partial charge is 0.335 e. The minimum Gasteiger partial charge on any atom is -0.478 e. The predicted octanol–water partition coefficient (Wildman–Crippen LogP) is 2.96. The second-order valence-corrected chi connectivity index (χ2v) is 5.13. The van der Waals surface area contributed by atoms with Gasteiger partial charge >= 0.3 is 12.0 Å². The number of hydrogen-bond acceptors (Lipinski definition) is 2. The number of urea groups is 1. The SMILES string of the molecule is CC(NC(=O)Nc1ccc(C(=O)O)cc1Cl)C1CC1. The van der Waals surface area contributed by atoms with Crippen molar-refractivity contribution >= 4 is 29.3 Å². The number of nitrogens with one attached hydrogen (secondary N) is 2. The number of carbonyl (C=O) groups excluding carboxylic acids is 1. The molecule has 19 heavy (non-hydrogen) atoms. The van der Waals surface area contributed by atoms with Gasteiger partial charge in [0.15, 0.2) is 0 Å². The predicted molar refractivity (Wildman–Crippen MR) is 72.8 cm³/mol. The molecule has 3 N–H and O–H groups in total. The Morgan fingerprint density at radius 1 is 1.42 bits per heavy atom. The van der Waals surface area contributed by atoms with Gasteiger partial charge in [-0.1, -0.05) is 11.6 Å². The number of benzene rings is 1. The highest BCUT2D eigenvalue weighted by atomic mass is 35.5. The lowest BCUT2D eigenvalue weighted by molar-refractivity contribution is 0.0697. The van der Waals surface area contributed by atoms with Gasteiger partial charge in [0.05, 0.1) is 16.3 Å². The summed E-state index contributed by atoms with van der Waals surface area (Å²) < 4.78 is 0. The molecule has 0 aliphatic heterocycles. The number of anilines is 1. The number of amides is 2.